The van der Waals surface area contributed by atoms with Gasteiger partial charge in [-0.05, 0) is 17.7 Å². The molecule has 1 saturated heterocycles. The lowest BCUT2D eigenvalue weighted by Crippen LogP contribution is -2.39. The molecule has 0 saturated carbocycles. The summed E-state index contributed by atoms with van der Waals surface area (Å²) in [4.78, 5) is 16.0. The first kappa shape index (κ1) is 15.1. The van der Waals surface area contributed by atoms with Gasteiger partial charge in [0.2, 0.25) is 5.91 Å². The van der Waals surface area contributed by atoms with Crippen molar-refractivity contribution in [2.45, 2.75) is 19.0 Å². The fraction of sp³-hybridized carbons (Fsp3) is 0.400. The molecule has 1 unspecified atom stereocenters. The van der Waals surface area contributed by atoms with Crippen LogP contribution < -0.4 is 10.6 Å². The minimum absolute atomic E-state index is 0.0310. The molecule has 1 aliphatic rings. The largest absolute Gasteiger partial charge is 0.323 e. The summed E-state index contributed by atoms with van der Waals surface area (Å²) in [5.74, 6) is 2.15. The van der Waals surface area contributed by atoms with Crippen LogP contribution in [0.15, 0.2) is 36.9 Å². The van der Waals surface area contributed by atoms with Crippen LogP contribution in [0.25, 0.3) is 0 Å². The van der Waals surface area contributed by atoms with Gasteiger partial charge in [0, 0.05) is 49.1 Å². The number of carbonyl (C=O) groups is 1. The smallest absolute Gasteiger partial charge is 0.226 e. The number of pyridine rings is 1. The van der Waals surface area contributed by atoms with E-state index in [1.54, 1.807) is 23.3 Å². The molecule has 2 aromatic heterocycles. The molecule has 2 aromatic rings. The van der Waals surface area contributed by atoms with E-state index >= 15 is 0 Å². The first-order chi connectivity index (χ1) is 10.8. The third kappa shape index (κ3) is 4.32. The standard InChI is InChI=1S/C15H19N5OS/c21-15(7-13-11-22-6-5-17-13)19-14-8-18-20(10-14)9-12-1-3-16-4-2-12/h1-4,8,10,13,17H,5-7,9,11H2,(H,19,21). The number of aromatic nitrogens is 3. The van der Waals surface area contributed by atoms with E-state index in [9.17, 15) is 4.79 Å². The fourth-order valence-corrected chi connectivity index (χ4v) is 3.33. The summed E-state index contributed by atoms with van der Waals surface area (Å²) in [5.41, 5.74) is 1.86. The van der Waals surface area contributed by atoms with Gasteiger partial charge in [0.1, 0.15) is 0 Å². The molecule has 0 aromatic carbocycles. The van der Waals surface area contributed by atoms with Crippen LogP contribution in [0.3, 0.4) is 0 Å². The number of nitrogens with one attached hydrogen (secondary N) is 2. The maximum atomic E-state index is 12.0. The van der Waals surface area contributed by atoms with Gasteiger partial charge in [-0.3, -0.25) is 14.5 Å². The highest BCUT2D eigenvalue weighted by molar-refractivity contribution is 7.99. The van der Waals surface area contributed by atoms with Crippen molar-refractivity contribution in [3.8, 4) is 0 Å². The van der Waals surface area contributed by atoms with Gasteiger partial charge in [0.15, 0.2) is 0 Å². The van der Waals surface area contributed by atoms with Crippen LogP contribution in [0.4, 0.5) is 5.69 Å². The number of thioether (sulfide) groups is 1. The molecule has 22 heavy (non-hydrogen) atoms. The van der Waals surface area contributed by atoms with E-state index in [-0.39, 0.29) is 11.9 Å². The summed E-state index contributed by atoms with van der Waals surface area (Å²) < 4.78 is 1.81. The highest BCUT2D eigenvalue weighted by atomic mass is 32.2. The highest BCUT2D eigenvalue weighted by Gasteiger charge is 2.17. The Hall–Kier alpha value is -1.86. The van der Waals surface area contributed by atoms with Gasteiger partial charge in [0.05, 0.1) is 18.4 Å². The first-order valence-corrected chi connectivity index (χ1v) is 8.47. The first-order valence-electron chi connectivity index (χ1n) is 7.32. The predicted octanol–water partition coefficient (Wildman–Crippen LogP) is 1.36. The quantitative estimate of drug-likeness (QED) is 0.871. The van der Waals surface area contributed by atoms with E-state index < -0.39 is 0 Å². The summed E-state index contributed by atoms with van der Waals surface area (Å²) in [6.07, 6.45) is 7.56. The van der Waals surface area contributed by atoms with Crippen LogP contribution in [0, 0.1) is 0 Å². The van der Waals surface area contributed by atoms with Gasteiger partial charge in [-0.25, -0.2) is 0 Å². The Kier molecular flexibility index (Phi) is 5.07. The lowest BCUT2D eigenvalue weighted by molar-refractivity contribution is -0.116. The van der Waals surface area contributed by atoms with Gasteiger partial charge in [0.25, 0.3) is 0 Å². The third-order valence-corrected chi connectivity index (χ3v) is 4.57. The van der Waals surface area contributed by atoms with E-state index in [0.717, 1.165) is 29.3 Å². The van der Waals surface area contributed by atoms with Gasteiger partial charge in [-0.2, -0.15) is 16.9 Å². The zero-order chi connectivity index (χ0) is 15.2. The lowest BCUT2D eigenvalue weighted by Gasteiger charge is -2.22. The Morgan fingerprint density at radius 3 is 3.09 bits per heavy atom. The molecule has 2 N–H and O–H groups in total. The van der Waals surface area contributed by atoms with Crippen molar-refractivity contribution in [3.63, 3.8) is 0 Å². The molecule has 0 spiro atoms. The zero-order valence-corrected chi connectivity index (χ0v) is 13.1. The Bertz CT molecular complexity index is 609. The molecular weight excluding hydrogens is 298 g/mol. The van der Waals surface area contributed by atoms with E-state index in [2.05, 4.69) is 20.7 Å². The number of hydrogen-bond acceptors (Lipinski definition) is 5. The molecule has 1 aliphatic heterocycles. The van der Waals surface area contributed by atoms with Crippen LogP contribution >= 0.6 is 11.8 Å². The van der Waals surface area contributed by atoms with E-state index in [0.29, 0.717) is 13.0 Å². The zero-order valence-electron chi connectivity index (χ0n) is 12.2. The van der Waals surface area contributed by atoms with Gasteiger partial charge in [-0.15, -0.1) is 0 Å². The van der Waals surface area contributed by atoms with Crippen molar-refractivity contribution in [1.82, 2.24) is 20.1 Å². The van der Waals surface area contributed by atoms with Gasteiger partial charge >= 0.3 is 0 Å². The van der Waals surface area contributed by atoms with Gasteiger partial charge < -0.3 is 10.6 Å². The average Bonchev–Trinajstić information content (AvgIpc) is 2.96. The van der Waals surface area contributed by atoms with Crippen molar-refractivity contribution >= 4 is 23.4 Å². The maximum absolute atomic E-state index is 12.0. The molecule has 3 rings (SSSR count). The molecule has 3 heterocycles. The molecule has 0 bridgehead atoms. The predicted molar refractivity (Wildman–Crippen MR) is 87.9 cm³/mol. The molecule has 6 nitrogen and oxygen atoms in total. The van der Waals surface area contributed by atoms with E-state index in [4.69, 9.17) is 0 Å². The van der Waals surface area contributed by atoms with Crippen molar-refractivity contribution in [3.05, 3.63) is 42.5 Å². The molecule has 1 fully saturated rings. The minimum Gasteiger partial charge on any atom is -0.323 e. The summed E-state index contributed by atoms with van der Waals surface area (Å²) in [5, 5.41) is 10.5. The number of hydrogen-bond donors (Lipinski definition) is 2. The van der Waals surface area contributed by atoms with Crippen molar-refractivity contribution < 1.29 is 4.79 Å². The number of anilines is 1. The van der Waals surface area contributed by atoms with Crippen molar-refractivity contribution in [2.24, 2.45) is 0 Å². The van der Waals surface area contributed by atoms with E-state index in [1.165, 1.54) is 0 Å². The minimum atomic E-state index is 0.0310. The Morgan fingerprint density at radius 1 is 1.45 bits per heavy atom. The molecule has 116 valence electrons. The SMILES string of the molecule is O=C(CC1CSCCN1)Nc1cnn(Cc2ccncc2)c1. The normalized spacial score (nSPS) is 18.1. The van der Waals surface area contributed by atoms with Crippen LogP contribution in [-0.2, 0) is 11.3 Å². The van der Waals surface area contributed by atoms with Gasteiger partial charge in [-0.1, -0.05) is 0 Å². The summed E-state index contributed by atoms with van der Waals surface area (Å²) >= 11 is 1.89. The maximum Gasteiger partial charge on any atom is 0.226 e. The second-order valence-corrected chi connectivity index (χ2v) is 6.41. The number of amides is 1. The van der Waals surface area contributed by atoms with Crippen LogP contribution in [0.1, 0.15) is 12.0 Å². The fourth-order valence-electron chi connectivity index (χ4n) is 2.38. The Balaban J connectivity index is 1.51. The highest BCUT2D eigenvalue weighted by Crippen LogP contribution is 2.12. The number of nitrogens with zero attached hydrogens (tertiary/aromatic N) is 3. The Labute approximate surface area is 133 Å². The molecule has 0 aliphatic carbocycles. The molecule has 1 atom stereocenters. The summed E-state index contributed by atoms with van der Waals surface area (Å²) in [6, 6.07) is 4.17. The number of carbonyl (C=O) groups excluding carboxylic acids is 1. The van der Waals surface area contributed by atoms with Crippen molar-refractivity contribution in [1.29, 1.82) is 0 Å². The van der Waals surface area contributed by atoms with Crippen LogP contribution in [0.5, 0.6) is 0 Å². The van der Waals surface area contributed by atoms with Crippen molar-refractivity contribution in [2.75, 3.05) is 23.4 Å². The van der Waals surface area contributed by atoms with E-state index in [1.807, 2.05) is 30.1 Å². The Morgan fingerprint density at radius 2 is 2.32 bits per heavy atom. The topological polar surface area (TPSA) is 71.8 Å². The molecule has 0 radical (unpaired) electrons. The lowest BCUT2D eigenvalue weighted by atomic mass is 10.2. The monoisotopic (exact) mass is 317 g/mol. The third-order valence-electron chi connectivity index (χ3n) is 3.44. The molecular formula is C15H19N5OS. The molecule has 1 amide bonds. The summed E-state index contributed by atoms with van der Waals surface area (Å²) in [6.45, 7) is 1.64. The van der Waals surface area contributed by atoms with Crippen LogP contribution in [0.2, 0.25) is 0 Å². The summed E-state index contributed by atoms with van der Waals surface area (Å²) in [7, 11) is 0. The average molecular weight is 317 g/mol. The second kappa shape index (κ2) is 7.42. The number of rotatable bonds is 5. The van der Waals surface area contributed by atoms with Crippen LogP contribution in [-0.4, -0.2) is 44.8 Å². The molecule has 7 heteroatoms. The second-order valence-electron chi connectivity index (χ2n) is 5.26.